The van der Waals surface area contributed by atoms with E-state index >= 15 is 0 Å². The molecule has 20 heteroatoms. The molecule has 2 N–H and O–H groups in total. The molecule has 5 atom stereocenters. The van der Waals surface area contributed by atoms with Gasteiger partial charge in [-0.2, -0.15) is 11.3 Å². The number of Topliss-reactive ketones (excluding diaryl/α,β-unsaturated/α-hetero) is 1. The molecule has 1 saturated carbocycles. The molecule has 4 aliphatic heterocycles. The first-order valence-corrected chi connectivity index (χ1v) is 28.2. The van der Waals surface area contributed by atoms with Crippen LogP contribution in [0.5, 0.6) is 17.2 Å². The summed E-state index contributed by atoms with van der Waals surface area (Å²) in [7, 11) is 1.47. The van der Waals surface area contributed by atoms with Crippen LogP contribution in [0.2, 0.25) is 0 Å². The summed E-state index contributed by atoms with van der Waals surface area (Å²) >= 11 is 1.57. The number of carbonyl (C=O) groups is 7. The van der Waals surface area contributed by atoms with Crippen LogP contribution in [0, 0.1) is 24.2 Å². The number of aliphatic hydroxyl groups is 1. The maximum absolute atomic E-state index is 14.4. The standard InChI is InChI=1S/C61H69N5O14S/c1-8-18-78-54(68)27-44(36(3)4)55(69)62-38(6)50(67)24-39-11-13-40(14-12-39)33-80-60(74)66-48-29-51(37(5)23-45(48)57(71)65-35-61(16-17-61)30-49(65)58(66)72)76-20-10-21-77-53-28-47-46(26-52(53)75-7)56(70)63-31-42(41-15-22-81-34-41)25-43(63)32-64(47)59(73)79-19-9-2/h8-9,11-15,22-23,26,28-29,31,34,36,38,43-44,49,58,72H,1-2,10,16-21,24-25,27,30,32-33,35H2,3-7H3,(H,62,69)/t38-,43-,44-,49-,58?/m0/s1. The highest BCUT2D eigenvalue weighted by Crippen LogP contribution is 2.57. The summed E-state index contributed by atoms with van der Waals surface area (Å²) in [6.07, 6.45) is 4.95. The Hall–Kier alpha value is -7.97. The number of benzene rings is 3. The Morgan fingerprint density at radius 3 is 2.22 bits per heavy atom. The quantitative estimate of drug-likeness (QED) is 0.0325. The van der Waals surface area contributed by atoms with Crippen molar-refractivity contribution in [3.05, 3.63) is 130 Å². The number of methoxy groups -OCH3 is 1. The van der Waals surface area contributed by atoms with E-state index in [1.54, 1.807) is 83.5 Å². The average molecular weight is 1130 g/mol. The number of ketones is 1. The zero-order valence-corrected chi connectivity index (χ0v) is 47.1. The number of fused-ring (bicyclic) bond motifs is 4. The minimum atomic E-state index is -1.44. The van der Waals surface area contributed by atoms with E-state index in [9.17, 15) is 38.7 Å². The highest BCUT2D eigenvalue weighted by Gasteiger charge is 2.58. The fourth-order valence-electron chi connectivity index (χ4n) is 10.9. The number of anilines is 2. The molecule has 0 bridgehead atoms. The van der Waals surface area contributed by atoms with Gasteiger partial charge in [-0.15, -0.1) is 0 Å². The van der Waals surface area contributed by atoms with Crippen molar-refractivity contribution in [2.45, 2.75) is 104 Å². The summed E-state index contributed by atoms with van der Waals surface area (Å²) in [5, 5.41) is 18.9. The molecule has 81 heavy (non-hydrogen) atoms. The summed E-state index contributed by atoms with van der Waals surface area (Å²) in [4.78, 5) is 101. The van der Waals surface area contributed by atoms with E-state index in [0.717, 1.165) is 28.9 Å². The molecule has 5 amide bonds. The lowest BCUT2D eigenvalue weighted by Gasteiger charge is -2.31. The fourth-order valence-corrected chi connectivity index (χ4v) is 11.6. The van der Waals surface area contributed by atoms with E-state index in [2.05, 4.69) is 18.5 Å². The van der Waals surface area contributed by atoms with Crippen LogP contribution >= 0.6 is 11.3 Å². The number of hydrogen-bond donors (Lipinski definition) is 2. The Morgan fingerprint density at radius 2 is 1.54 bits per heavy atom. The van der Waals surface area contributed by atoms with Crippen LogP contribution in [0.3, 0.4) is 0 Å². The Balaban J connectivity index is 0.856. The Labute approximate surface area is 475 Å². The zero-order chi connectivity index (χ0) is 57.7. The van der Waals surface area contributed by atoms with Gasteiger partial charge in [-0.1, -0.05) is 63.4 Å². The summed E-state index contributed by atoms with van der Waals surface area (Å²) < 4.78 is 34.8. The maximum atomic E-state index is 14.4. The van der Waals surface area contributed by atoms with Crippen LogP contribution in [0.25, 0.3) is 5.57 Å². The van der Waals surface area contributed by atoms with E-state index in [1.165, 1.54) is 24.2 Å². The number of aliphatic hydroxyl groups excluding tert-OH is 1. The average Bonchev–Trinajstić information content (AvgIpc) is 3.77. The Bertz CT molecular complexity index is 3120. The van der Waals surface area contributed by atoms with Crippen LogP contribution in [0.15, 0.2) is 96.9 Å². The van der Waals surface area contributed by atoms with Gasteiger partial charge in [-0.3, -0.25) is 28.9 Å². The lowest BCUT2D eigenvalue weighted by molar-refractivity contribution is -0.146. The molecule has 4 aromatic rings. The molecule has 0 radical (unpaired) electrons. The lowest BCUT2D eigenvalue weighted by Crippen LogP contribution is -2.50. The van der Waals surface area contributed by atoms with Crippen LogP contribution in [0.4, 0.5) is 21.0 Å². The van der Waals surface area contributed by atoms with E-state index in [0.29, 0.717) is 53.9 Å². The summed E-state index contributed by atoms with van der Waals surface area (Å²) in [5.41, 5.74) is 4.71. The minimum absolute atomic E-state index is 0.00743. The van der Waals surface area contributed by atoms with Gasteiger partial charge in [0.1, 0.15) is 25.6 Å². The number of esters is 1. The van der Waals surface area contributed by atoms with Gasteiger partial charge in [0.05, 0.1) is 79.8 Å². The number of amides is 5. The molecular weight excluding hydrogens is 1060 g/mol. The summed E-state index contributed by atoms with van der Waals surface area (Å²) in [6, 6.07) is 13.5. The Morgan fingerprint density at radius 1 is 0.852 bits per heavy atom. The summed E-state index contributed by atoms with van der Waals surface area (Å²) in [5.74, 6) is -1.73. The highest BCUT2D eigenvalue weighted by molar-refractivity contribution is 7.08. The third-order valence-electron chi connectivity index (χ3n) is 15.7. The van der Waals surface area contributed by atoms with Gasteiger partial charge in [0.15, 0.2) is 23.5 Å². The number of hydrogen-bond acceptors (Lipinski definition) is 15. The molecule has 3 aromatic carbocycles. The number of carbonyl (C=O) groups excluding carboxylic acids is 7. The molecule has 428 valence electrons. The van der Waals surface area contributed by atoms with Gasteiger partial charge in [0.25, 0.3) is 11.8 Å². The summed E-state index contributed by atoms with van der Waals surface area (Å²) in [6.45, 7) is 14.9. The predicted octanol–water partition coefficient (Wildman–Crippen LogP) is 8.79. The SMILES string of the molecule is C=CCOC(=O)C[C@H](C(=O)N[C@@H](C)C(=O)Cc1ccc(COC(=O)N2c3cc(OCCCOc4cc5c(cc4OC)C(=O)N4C=C(c6ccsc6)C[C@H]4CN5C(=O)OCC=C)c(C)cc3C(=O)N3CC4(CC4)C[C@H]3C2O)cc1)C(C)C. The van der Waals surface area contributed by atoms with E-state index in [4.69, 9.17) is 28.4 Å². The largest absolute Gasteiger partial charge is 0.493 e. The monoisotopic (exact) mass is 1130 g/mol. The van der Waals surface area contributed by atoms with E-state index < -0.39 is 48.3 Å². The van der Waals surface area contributed by atoms with Gasteiger partial charge in [-0.05, 0) is 108 Å². The Kier molecular flexibility index (Phi) is 17.7. The van der Waals surface area contributed by atoms with Gasteiger partial charge in [-0.25, -0.2) is 14.5 Å². The molecule has 9 rings (SSSR count). The van der Waals surface area contributed by atoms with Crippen molar-refractivity contribution >= 4 is 69.9 Å². The molecule has 1 aliphatic carbocycles. The smallest absolute Gasteiger partial charge is 0.416 e. The van der Waals surface area contributed by atoms with Crippen molar-refractivity contribution in [2.75, 3.05) is 56.4 Å². The number of aryl methyl sites for hydroxylation is 1. The van der Waals surface area contributed by atoms with Crippen molar-refractivity contribution in [3.8, 4) is 17.2 Å². The molecule has 5 heterocycles. The van der Waals surface area contributed by atoms with Gasteiger partial charge in [0.2, 0.25) is 5.91 Å². The second-order valence-corrected chi connectivity index (χ2v) is 22.5. The van der Waals surface area contributed by atoms with Crippen molar-refractivity contribution in [2.24, 2.45) is 17.3 Å². The number of nitrogens with zero attached hydrogens (tertiary/aromatic N) is 4. The third kappa shape index (κ3) is 12.7. The third-order valence-corrected chi connectivity index (χ3v) is 16.3. The second kappa shape index (κ2) is 24.8. The first-order valence-electron chi connectivity index (χ1n) is 27.3. The normalized spacial score (nSPS) is 19.2. The second-order valence-electron chi connectivity index (χ2n) is 21.7. The molecule has 1 aromatic heterocycles. The molecule has 1 unspecified atom stereocenters. The van der Waals surface area contributed by atoms with Crippen LogP contribution in [0.1, 0.15) is 102 Å². The van der Waals surface area contributed by atoms with Crippen LogP contribution in [-0.2, 0) is 41.6 Å². The lowest BCUT2D eigenvalue weighted by atomic mass is 9.91. The van der Waals surface area contributed by atoms with E-state index in [1.807, 2.05) is 36.9 Å². The van der Waals surface area contributed by atoms with Crippen LogP contribution < -0.4 is 29.3 Å². The molecule has 1 saturated heterocycles. The molecule has 5 aliphatic rings. The number of ether oxygens (including phenoxy) is 6. The van der Waals surface area contributed by atoms with Crippen molar-refractivity contribution in [3.63, 3.8) is 0 Å². The fraction of sp³-hybridized carbons (Fsp3) is 0.426. The first-order chi connectivity index (χ1) is 38.9. The molecule has 19 nitrogen and oxygen atoms in total. The molecular formula is C61H69N5O14S. The van der Waals surface area contributed by atoms with Gasteiger partial charge >= 0.3 is 18.2 Å². The number of thiophene rings is 1. The van der Waals surface area contributed by atoms with Crippen molar-refractivity contribution < 1.29 is 67.1 Å². The number of rotatable bonds is 22. The molecule has 1 spiro atoms. The topological polar surface area (TPSA) is 220 Å². The number of nitrogens with one attached hydrogen (secondary N) is 1. The predicted molar refractivity (Wildman–Crippen MR) is 302 cm³/mol. The maximum Gasteiger partial charge on any atom is 0.416 e. The van der Waals surface area contributed by atoms with Crippen molar-refractivity contribution in [1.29, 1.82) is 0 Å². The molecule has 2 fully saturated rings. The van der Waals surface area contributed by atoms with Gasteiger partial charge < -0.3 is 48.6 Å². The van der Waals surface area contributed by atoms with Gasteiger partial charge in [0, 0.05) is 37.7 Å². The minimum Gasteiger partial charge on any atom is -0.493 e. The van der Waals surface area contributed by atoms with E-state index in [-0.39, 0.29) is 116 Å². The van der Waals surface area contributed by atoms with Crippen molar-refractivity contribution in [1.82, 2.24) is 15.1 Å². The first kappa shape index (κ1) is 57.7. The van der Waals surface area contributed by atoms with Crippen LogP contribution in [-0.4, -0.2) is 128 Å². The zero-order valence-electron chi connectivity index (χ0n) is 46.3. The highest BCUT2D eigenvalue weighted by atomic mass is 32.1.